The number of nitrogens with one attached hydrogen (secondary N) is 1. The Balaban J connectivity index is 1.84. The molecule has 4 rings (SSSR count). The van der Waals surface area contributed by atoms with Crippen LogP contribution in [0.4, 0.5) is 11.4 Å². The van der Waals surface area contributed by atoms with Crippen LogP contribution in [-0.2, 0) is 9.59 Å². The molecule has 2 amide bonds. The number of hydrogen-bond donors (Lipinski definition) is 1. The Morgan fingerprint density at radius 2 is 1.32 bits per heavy atom. The zero-order valence-electron chi connectivity index (χ0n) is 19.8. The summed E-state index contributed by atoms with van der Waals surface area (Å²) < 4.78 is 16.0. The highest BCUT2D eigenvalue weighted by Crippen LogP contribution is 2.37. The molecule has 3 aromatic carbocycles. The first-order valence-corrected chi connectivity index (χ1v) is 10.7. The molecule has 1 aliphatic rings. The molecular weight excluding hydrogens is 432 g/mol. The molecule has 0 saturated heterocycles. The van der Waals surface area contributed by atoms with E-state index < -0.39 is 11.8 Å². The van der Waals surface area contributed by atoms with Gasteiger partial charge in [0.2, 0.25) is 0 Å². The van der Waals surface area contributed by atoms with Gasteiger partial charge in [-0.05, 0) is 43.2 Å². The molecule has 0 saturated carbocycles. The Morgan fingerprint density at radius 1 is 0.706 bits per heavy atom. The van der Waals surface area contributed by atoms with Crippen molar-refractivity contribution in [3.05, 3.63) is 83.1 Å². The van der Waals surface area contributed by atoms with Gasteiger partial charge in [0, 0.05) is 23.9 Å². The number of amides is 2. The Bertz CT molecular complexity index is 1270. The number of aryl methyl sites for hydroxylation is 2. The Hall–Kier alpha value is -4.26. The summed E-state index contributed by atoms with van der Waals surface area (Å²) in [7, 11) is 4.67. The predicted octanol–water partition coefficient (Wildman–Crippen LogP) is 4.73. The number of carbonyl (C=O) groups excluding carboxylic acids is 2. The van der Waals surface area contributed by atoms with E-state index in [-0.39, 0.29) is 11.3 Å². The molecule has 1 aliphatic heterocycles. The minimum absolute atomic E-state index is 0.172. The SMILES string of the molecule is COc1ccc(C2=C(Nc3cc(OC)cc(OC)c3)C(=O)N(c3ccc(C)cc3C)C2=O)cc1. The fourth-order valence-corrected chi connectivity index (χ4v) is 3.97. The van der Waals surface area contributed by atoms with Crippen LogP contribution >= 0.6 is 0 Å². The molecule has 7 heteroatoms. The van der Waals surface area contributed by atoms with Crippen LogP contribution in [0, 0.1) is 13.8 Å². The molecule has 0 radical (unpaired) electrons. The summed E-state index contributed by atoms with van der Waals surface area (Å²) in [6.45, 7) is 3.85. The van der Waals surface area contributed by atoms with Gasteiger partial charge in [0.05, 0.1) is 32.6 Å². The molecule has 0 aliphatic carbocycles. The van der Waals surface area contributed by atoms with E-state index in [9.17, 15) is 9.59 Å². The standard InChI is InChI=1S/C27H26N2O5/c1-16-6-11-23(17(2)12-16)29-26(30)24(18-7-9-20(32-3)10-8-18)25(27(29)31)28-19-13-21(33-4)15-22(14-19)34-5/h6-15,28H,1-5H3. The lowest BCUT2D eigenvalue weighted by molar-refractivity contribution is -0.120. The van der Waals surface area contributed by atoms with Gasteiger partial charge < -0.3 is 19.5 Å². The molecule has 174 valence electrons. The van der Waals surface area contributed by atoms with Crippen molar-refractivity contribution >= 4 is 28.8 Å². The van der Waals surface area contributed by atoms with Crippen molar-refractivity contribution in [1.29, 1.82) is 0 Å². The second-order valence-corrected chi connectivity index (χ2v) is 7.94. The summed E-state index contributed by atoms with van der Waals surface area (Å²) in [4.78, 5) is 28.6. The molecule has 3 aromatic rings. The first kappa shape index (κ1) is 22.9. The van der Waals surface area contributed by atoms with E-state index in [2.05, 4.69) is 5.32 Å². The van der Waals surface area contributed by atoms with Gasteiger partial charge in [0.15, 0.2) is 0 Å². The largest absolute Gasteiger partial charge is 0.497 e. The quantitative estimate of drug-likeness (QED) is 0.516. The van der Waals surface area contributed by atoms with Crippen molar-refractivity contribution in [2.75, 3.05) is 31.5 Å². The second kappa shape index (κ2) is 9.31. The lowest BCUT2D eigenvalue weighted by atomic mass is 10.0. The van der Waals surface area contributed by atoms with Gasteiger partial charge in [-0.1, -0.05) is 29.8 Å². The summed E-state index contributed by atoms with van der Waals surface area (Å²) in [6, 6.07) is 17.9. The van der Waals surface area contributed by atoms with Gasteiger partial charge in [-0.15, -0.1) is 0 Å². The smallest absolute Gasteiger partial charge is 0.282 e. The van der Waals surface area contributed by atoms with Crippen LogP contribution in [0.15, 0.2) is 66.4 Å². The summed E-state index contributed by atoms with van der Waals surface area (Å²) in [5.41, 5.74) is 4.03. The highest BCUT2D eigenvalue weighted by Gasteiger charge is 2.41. The monoisotopic (exact) mass is 458 g/mol. The van der Waals surface area contributed by atoms with E-state index in [4.69, 9.17) is 14.2 Å². The zero-order valence-corrected chi connectivity index (χ0v) is 19.8. The molecule has 0 spiro atoms. The number of ether oxygens (including phenoxy) is 3. The third-order valence-electron chi connectivity index (χ3n) is 5.68. The number of rotatable bonds is 7. The third-order valence-corrected chi connectivity index (χ3v) is 5.68. The number of nitrogens with zero attached hydrogens (tertiary/aromatic N) is 1. The first-order valence-electron chi connectivity index (χ1n) is 10.7. The van der Waals surface area contributed by atoms with Crippen molar-refractivity contribution in [2.24, 2.45) is 0 Å². The van der Waals surface area contributed by atoms with Crippen molar-refractivity contribution in [1.82, 2.24) is 0 Å². The molecule has 1 N–H and O–H groups in total. The van der Waals surface area contributed by atoms with E-state index in [1.165, 1.54) is 4.90 Å². The van der Waals surface area contributed by atoms with E-state index >= 15 is 0 Å². The number of carbonyl (C=O) groups is 2. The van der Waals surface area contributed by atoms with Crippen LogP contribution in [0.25, 0.3) is 5.57 Å². The van der Waals surface area contributed by atoms with Crippen molar-refractivity contribution in [3.63, 3.8) is 0 Å². The lowest BCUT2D eigenvalue weighted by Crippen LogP contribution is -2.33. The highest BCUT2D eigenvalue weighted by atomic mass is 16.5. The van der Waals surface area contributed by atoms with Crippen molar-refractivity contribution < 1.29 is 23.8 Å². The topological polar surface area (TPSA) is 77.1 Å². The second-order valence-electron chi connectivity index (χ2n) is 7.94. The maximum absolute atomic E-state index is 13.7. The van der Waals surface area contributed by atoms with Gasteiger partial charge in [-0.2, -0.15) is 0 Å². The molecular formula is C27H26N2O5. The molecule has 0 atom stereocenters. The van der Waals surface area contributed by atoms with Crippen LogP contribution in [0.3, 0.4) is 0 Å². The van der Waals surface area contributed by atoms with Crippen molar-refractivity contribution in [2.45, 2.75) is 13.8 Å². The number of benzene rings is 3. The molecule has 0 bridgehead atoms. The van der Waals surface area contributed by atoms with Crippen LogP contribution in [0.1, 0.15) is 16.7 Å². The summed E-state index contributed by atoms with van der Waals surface area (Å²) >= 11 is 0. The Kier molecular flexibility index (Phi) is 6.27. The molecule has 7 nitrogen and oxygen atoms in total. The van der Waals surface area contributed by atoms with Gasteiger partial charge in [-0.25, -0.2) is 4.90 Å². The molecule has 0 fully saturated rings. The number of anilines is 2. The summed E-state index contributed by atoms with van der Waals surface area (Å²) in [5.74, 6) is 0.913. The molecule has 0 unspecified atom stereocenters. The summed E-state index contributed by atoms with van der Waals surface area (Å²) in [6.07, 6.45) is 0. The van der Waals surface area contributed by atoms with E-state index in [1.54, 1.807) is 69.9 Å². The van der Waals surface area contributed by atoms with Crippen molar-refractivity contribution in [3.8, 4) is 17.2 Å². The Labute approximate surface area is 198 Å². The third kappa shape index (κ3) is 4.20. The fourth-order valence-electron chi connectivity index (χ4n) is 3.97. The van der Waals surface area contributed by atoms with E-state index in [0.29, 0.717) is 34.2 Å². The van der Waals surface area contributed by atoms with Gasteiger partial charge in [-0.3, -0.25) is 9.59 Å². The normalized spacial score (nSPS) is 13.4. The zero-order chi connectivity index (χ0) is 24.4. The van der Waals surface area contributed by atoms with Crippen LogP contribution in [0.2, 0.25) is 0 Å². The van der Waals surface area contributed by atoms with Crippen LogP contribution < -0.4 is 24.4 Å². The average molecular weight is 459 g/mol. The maximum atomic E-state index is 13.7. The Morgan fingerprint density at radius 3 is 1.88 bits per heavy atom. The fraction of sp³-hybridized carbons (Fsp3) is 0.185. The van der Waals surface area contributed by atoms with Gasteiger partial charge >= 0.3 is 0 Å². The lowest BCUT2D eigenvalue weighted by Gasteiger charge is -2.18. The maximum Gasteiger partial charge on any atom is 0.282 e. The molecule has 1 heterocycles. The van der Waals surface area contributed by atoms with Gasteiger partial charge in [0.1, 0.15) is 22.9 Å². The minimum atomic E-state index is -0.440. The minimum Gasteiger partial charge on any atom is -0.497 e. The highest BCUT2D eigenvalue weighted by molar-refractivity contribution is 6.46. The van der Waals surface area contributed by atoms with Gasteiger partial charge in [0.25, 0.3) is 11.8 Å². The number of imide groups is 1. The molecule has 34 heavy (non-hydrogen) atoms. The van der Waals surface area contributed by atoms with Crippen LogP contribution in [0.5, 0.6) is 17.2 Å². The average Bonchev–Trinajstić information content (AvgIpc) is 3.08. The number of hydrogen-bond acceptors (Lipinski definition) is 6. The first-order chi connectivity index (χ1) is 16.4. The summed E-state index contributed by atoms with van der Waals surface area (Å²) in [5, 5.41) is 3.15. The van der Waals surface area contributed by atoms with Crippen LogP contribution in [-0.4, -0.2) is 33.1 Å². The van der Waals surface area contributed by atoms with E-state index in [1.807, 2.05) is 26.0 Å². The molecule has 0 aromatic heterocycles. The number of methoxy groups -OCH3 is 3. The predicted molar refractivity (Wildman–Crippen MR) is 131 cm³/mol. The van der Waals surface area contributed by atoms with E-state index in [0.717, 1.165) is 11.1 Å².